The number of rotatable bonds is 1. The molecule has 1 saturated heterocycles. The van der Waals surface area contributed by atoms with Crippen LogP contribution in [0.1, 0.15) is 44.7 Å². The number of nitrogens with zero attached hydrogens (tertiary/aromatic N) is 1. The number of ether oxygens (including phenoxy) is 1. The quantitative estimate of drug-likeness (QED) is 0.841. The van der Waals surface area contributed by atoms with E-state index >= 15 is 0 Å². The number of hydrogen-bond acceptors (Lipinski definition) is 3. The molecule has 0 unspecified atom stereocenters. The van der Waals surface area contributed by atoms with E-state index in [0.717, 1.165) is 6.07 Å². The Bertz CT molecular complexity index is 601. The molecule has 134 valence electrons. The van der Waals surface area contributed by atoms with Gasteiger partial charge < -0.3 is 15.4 Å². The van der Waals surface area contributed by atoms with Crippen LogP contribution in [0.2, 0.25) is 0 Å². The number of piperidine rings is 1. The molecule has 0 spiro atoms. The molecule has 1 aliphatic rings. The van der Waals surface area contributed by atoms with Crippen molar-refractivity contribution in [2.45, 2.75) is 50.9 Å². The van der Waals surface area contributed by atoms with E-state index in [2.05, 4.69) is 0 Å². The maximum absolute atomic E-state index is 13.2. The zero-order chi connectivity index (χ0) is 18.2. The summed E-state index contributed by atoms with van der Waals surface area (Å²) in [6, 6.07) is 5.38. The smallest absolute Gasteiger partial charge is 0.416 e. The van der Waals surface area contributed by atoms with Gasteiger partial charge in [0.1, 0.15) is 5.60 Å². The predicted octanol–water partition coefficient (Wildman–Crippen LogP) is 3.89. The van der Waals surface area contributed by atoms with Gasteiger partial charge in [0.25, 0.3) is 0 Å². The first-order valence-corrected chi connectivity index (χ1v) is 7.86. The van der Waals surface area contributed by atoms with Crippen LogP contribution in [0.3, 0.4) is 0 Å². The van der Waals surface area contributed by atoms with E-state index in [0.29, 0.717) is 0 Å². The van der Waals surface area contributed by atoms with Crippen molar-refractivity contribution >= 4 is 6.09 Å². The first kappa shape index (κ1) is 18.6. The van der Waals surface area contributed by atoms with Crippen LogP contribution < -0.4 is 5.73 Å². The predicted molar refractivity (Wildman–Crippen MR) is 84.4 cm³/mol. The number of benzene rings is 1. The summed E-state index contributed by atoms with van der Waals surface area (Å²) < 4.78 is 45.0. The molecular weight excluding hydrogens is 321 g/mol. The molecule has 1 aromatic carbocycles. The summed E-state index contributed by atoms with van der Waals surface area (Å²) in [4.78, 5) is 13.6. The van der Waals surface area contributed by atoms with E-state index in [1.54, 1.807) is 26.8 Å². The first-order chi connectivity index (χ1) is 10.9. The monoisotopic (exact) mass is 344 g/mol. The molecule has 0 radical (unpaired) electrons. The van der Waals surface area contributed by atoms with Gasteiger partial charge >= 0.3 is 12.3 Å². The van der Waals surface area contributed by atoms with Gasteiger partial charge in [-0.05, 0) is 45.2 Å². The molecule has 7 heteroatoms. The van der Waals surface area contributed by atoms with Gasteiger partial charge in [0.2, 0.25) is 0 Å². The molecule has 0 atom stereocenters. The van der Waals surface area contributed by atoms with Crippen LogP contribution in [-0.2, 0) is 16.5 Å². The molecule has 0 bridgehead atoms. The van der Waals surface area contributed by atoms with E-state index in [4.69, 9.17) is 10.5 Å². The van der Waals surface area contributed by atoms with Gasteiger partial charge in [-0.3, -0.25) is 0 Å². The molecule has 0 aliphatic carbocycles. The Morgan fingerprint density at radius 1 is 1.17 bits per heavy atom. The first-order valence-electron chi connectivity index (χ1n) is 7.86. The average molecular weight is 344 g/mol. The molecule has 1 aromatic rings. The van der Waals surface area contributed by atoms with Crippen molar-refractivity contribution in [2.24, 2.45) is 5.73 Å². The van der Waals surface area contributed by atoms with Crippen LogP contribution >= 0.6 is 0 Å². The fraction of sp³-hybridized carbons (Fsp3) is 0.588. The lowest BCUT2D eigenvalue weighted by Gasteiger charge is -2.40. The van der Waals surface area contributed by atoms with Crippen molar-refractivity contribution in [2.75, 3.05) is 13.1 Å². The van der Waals surface area contributed by atoms with Crippen molar-refractivity contribution < 1.29 is 22.7 Å². The molecule has 1 amide bonds. The van der Waals surface area contributed by atoms with Crippen molar-refractivity contribution in [1.82, 2.24) is 4.90 Å². The largest absolute Gasteiger partial charge is 0.444 e. The van der Waals surface area contributed by atoms with Crippen molar-refractivity contribution in [3.8, 4) is 0 Å². The number of amides is 1. The Hall–Kier alpha value is -1.76. The zero-order valence-corrected chi connectivity index (χ0v) is 14.1. The minimum absolute atomic E-state index is 0.0846. The zero-order valence-electron chi connectivity index (χ0n) is 14.1. The van der Waals surface area contributed by atoms with Gasteiger partial charge in [-0.2, -0.15) is 13.2 Å². The summed E-state index contributed by atoms with van der Waals surface area (Å²) >= 11 is 0. The minimum Gasteiger partial charge on any atom is -0.444 e. The van der Waals surface area contributed by atoms with Crippen molar-refractivity contribution in [3.63, 3.8) is 0 Å². The van der Waals surface area contributed by atoms with E-state index in [-0.39, 0.29) is 31.5 Å². The third kappa shape index (κ3) is 4.20. The second kappa shape index (κ2) is 6.27. The molecular formula is C17H23F3N2O2. The van der Waals surface area contributed by atoms with E-state index in [1.165, 1.54) is 17.0 Å². The summed E-state index contributed by atoms with van der Waals surface area (Å²) in [7, 11) is 0. The molecule has 1 aliphatic heterocycles. The number of carbonyl (C=O) groups excluding carboxylic acids is 1. The van der Waals surface area contributed by atoms with Gasteiger partial charge in [0.05, 0.1) is 5.56 Å². The lowest BCUT2D eigenvalue weighted by Crippen LogP contribution is -2.51. The Morgan fingerprint density at radius 2 is 1.71 bits per heavy atom. The molecule has 1 heterocycles. The highest BCUT2D eigenvalue weighted by atomic mass is 19.4. The maximum atomic E-state index is 13.2. The topological polar surface area (TPSA) is 55.6 Å². The number of nitrogens with two attached hydrogens (primary N) is 1. The standard InChI is InChI=1S/C17H23F3N2O2/c1-15(2,3)24-14(23)22-10-8-16(21,9-11-22)12-6-4-5-7-13(12)17(18,19)20/h4-7H,8-11,21H2,1-3H3. The van der Waals surface area contributed by atoms with Gasteiger partial charge in [-0.25, -0.2) is 4.79 Å². The van der Waals surface area contributed by atoms with Gasteiger partial charge in [-0.1, -0.05) is 18.2 Å². The molecule has 2 N–H and O–H groups in total. The molecule has 4 nitrogen and oxygen atoms in total. The molecule has 0 saturated carbocycles. The van der Waals surface area contributed by atoms with Gasteiger partial charge in [0, 0.05) is 18.6 Å². The normalized spacial score (nSPS) is 18.4. The summed E-state index contributed by atoms with van der Waals surface area (Å²) in [6.07, 6.45) is -4.42. The molecule has 1 fully saturated rings. The van der Waals surface area contributed by atoms with Crippen LogP contribution in [0.15, 0.2) is 24.3 Å². The van der Waals surface area contributed by atoms with Crippen LogP contribution in [0.5, 0.6) is 0 Å². The fourth-order valence-corrected chi connectivity index (χ4v) is 2.85. The second-order valence-corrected chi connectivity index (χ2v) is 7.17. The third-order valence-electron chi connectivity index (χ3n) is 4.08. The highest BCUT2D eigenvalue weighted by Crippen LogP contribution is 2.39. The Kier molecular flexibility index (Phi) is 4.86. The van der Waals surface area contributed by atoms with Gasteiger partial charge in [-0.15, -0.1) is 0 Å². The average Bonchev–Trinajstić information content (AvgIpc) is 2.45. The van der Waals surface area contributed by atoms with Crippen LogP contribution in [0.25, 0.3) is 0 Å². The number of alkyl halides is 3. The highest BCUT2D eigenvalue weighted by Gasteiger charge is 2.42. The summed E-state index contributed by atoms with van der Waals surface area (Å²) in [5.74, 6) is 0. The van der Waals surface area contributed by atoms with E-state index < -0.39 is 29.0 Å². The fourth-order valence-electron chi connectivity index (χ4n) is 2.85. The molecule has 2 rings (SSSR count). The van der Waals surface area contributed by atoms with Crippen molar-refractivity contribution in [3.05, 3.63) is 35.4 Å². The highest BCUT2D eigenvalue weighted by molar-refractivity contribution is 5.68. The summed E-state index contributed by atoms with van der Waals surface area (Å²) in [6.45, 7) is 5.82. The Labute approximate surface area is 139 Å². The van der Waals surface area contributed by atoms with E-state index in [1.807, 2.05) is 0 Å². The second-order valence-electron chi connectivity index (χ2n) is 7.17. The van der Waals surface area contributed by atoms with Crippen LogP contribution in [-0.4, -0.2) is 29.7 Å². The summed E-state index contributed by atoms with van der Waals surface area (Å²) in [5.41, 5.74) is 3.94. The lowest BCUT2D eigenvalue weighted by molar-refractivity contribution is -0.139. The lowest BCUT2D eigenvalue weighted by atomic mass is 9.79. The third-order valence-corrected chi connectivity index (χ3v) is 4.08. The number of hydrogen-bond donors (Lipinski definition) is 1. The minimum atomic E-state index is -4.45. The SMILES string of the molecule is CC(C)(C)OC(=O)N1CCC(N)(c2ccccc2C(F)(F)F)CC1. The Morgan fingerprint density at radius 3 is 2.21 bits per heavy atom. The van der Waals surface area contributed by atoms with Crippen LogP contribution in [0, 0.1) is 0 Å². The Balaban J connectivity index is 2.15. The van der Waals surface area contributed by atoms with Crippen molar-refractivity contribution in [1.29, 1.82) is 0 Å². The summed E-state index contributed by atoms with van der Waals surface area (Å²) in [5, 5.41) is 0. The number of carbonyl (C=O) groups is 1. The maximum Gasteiger partial charge on any atom is 0.416 e. The van der Waals surface area contributed by atoms with E-state index in [9.17, 15) is 18.0 Å². The molecule has 24 heavy (non-hydrogen) atoms. The van der Waals surface area contributed by atoms with Crippen LogP contribution in [0.4, 0.5) is 18.0 Å². The van der Waals surface area contributed by atoms with Gasteiger partial charge in [0.15, 0.2) is 0 Å². The molecule has 0 aromatic heterocycles. The number of halogens is 3. The number of likely N-dealkylation sites (tertiary alicyclic amines) is 1.